The molecule has 0 radical (unpaired) electrons. The number of carbonyl (C=O) groups is 2. The molecule has 0 aliphatic rings. The van der Waals surface area contributed by atoms with Gasteiger partial charge in [-0.15, -0.1) is 11.3 Å². The number of rotatable bonds is 3. The van der Waals surface area contributed by atoms with E-state index in [0.717, 1.165) is 10.6 Å². The number of nitrogens with zero attached hydrogens (tertiary/aromatic N) is 2. The normalized spacial score (nSPS) is 10.7. The van der Waals surface area contributed by atoms with E-state index >= 15 is 0 Å². The Bertz CT molecular complexity index is 1030. The lowest BCUT2D eigenvalue weighted by Gasteiger charge is -2.06. The number of esters is 1. The predicted molar refractivity (Wildman–Crippen MR) is 94.5 cm³/mol. The minimum absolute atomic E-state index is 0.0459. The number of aromatic nitrogens is 2. The van der Waals surface area contributed by atoms with Gasteiger partial charge in [0.1, 0.15) is 5.56 Å². The highest BCUT2D eigenvalue weighted by atomic mass is 32.1. The van der Waals surface area contributed by atoms with Gasteiger partial charge in [0.25, 0.3) is 11.5 Å². The van der Waals surface area contributed by atoms with E-state index < -0.39 is 17.4 Å². The minimum atomic E-state index is -0.555. The third-order valence-electron chi connectivity index (χ3n) is 3.83. The number of carbonyl (C=O) groups excluding carboxylic acids is 2. The second kappa shape index (κ2) is 6.48. The Morgan fingerprint density at radius 3 is 2.52 bits per heavy atom. The standard InChI is InChI=1S/C17H15N3O4S/c1-9-10(2)25-17-18-8-13(15(22)20(9)17)14(21)19-12-6-4-11(5-7-12)16(23)24-3/h4-8H,1-3H3,(H,19,21). The molecule has 0 aliphatic heterocycles. The number of anilines is 1. The molecule has 0 fully saturated rings. The van der Waals surface area contributed by atoms with Crippen LogP contribution in [0.5, 0.6) is 0 Å². The largest absolute Gasteiger partial charge is 0.465 e. The van der Waals surface area contributed by atoms with Gasteiger partial charge >= 0.3 is 5.97 Å². The molecule has 0 aliphatic carbocycles. The number of hydrogen-bond donors (Lipinski definition) is 1. The van der Waals surface area contributed by atoms with Gasteiger partial charge in [-0.2, -0.15) is 0 Å². The second-order valence-electron chi connectivity index (χ2n) is 5.36. The van der Waals surface area contributed by atoms with E-state index in [1.807, 2.05) is 13.8 Å². The third-order valence-corrected chi connectivity index (χ3v) is 4.90. The maximum absolute atomic E-state index is 12.6. The van der Waals surface area contributed by atoms with Crippen LogP contribution in [0.1, 0.15) is 31.3 Å². The van der Waals surface area contributed by atoms with Crippen molar-refractivity contribution in [1.29, 1.82) is 0 Å². The number of methoxy groups -OCH3 is 1. The number of amides is 1. The lowest BCUT2D eigenvalue weighted by Crippen LogP contribution is -2.26. The van der Waals surface area contributed by atoms with Crippen LogP contribution in [0.4, 0.5) is 5.69 Å². The molecule has 7 nitrogen and oxygen atoms in total. The van der Waals surface area contributed by atoms with Crippen molar-refractivity contribution in [3.8, 4) is 0 Å². The molecule has 8 heteroatoms. The highest BCUT2D eigenvalue weighted by Crippen LogP contribution is 2.18. The van der Waals surface area contributed by atoms with Crippen molar-refractivity contribution in [3.05, 3.63) is 62.5 Å². The number of fused-ring (bicyclic) bond motifs is 1. The van der Waals surface area contributed by atoms with Crippen molar-refractivity contribution in [2.75, 3.05) is 12.4 Å². The van der Waals surface area contributed by atoms with E-state index in [4.69, 9.17) is 0 Å². The molecule has 0 bridgehead atoms. The molecule has 2 aromatic heterocycles. The van der Waals surface area contributed by atoms with Crippen LogP contribution in [0.25, 0.3) is 4.96 Å². The summed E-state index contributed by atoms with van der Waals surface area (Å²) in [6.07, 6.45) is 1.28. The Balaban J connectivity index is 1.90. The van der Waals surface area contributed by atoms with Crippen LogP contribution in [0, 0.1) is 13.8 Å². The van der Waals surface area contributed by atoms with Gasteiger partial charge in [-0.1, -0.05) is 0 Å². The maximum Gasteiger partial charge on any atom is 0.337 e. The summed E-state index contributed by atoms with van der Waals surface area (Å²) in [5.74, 6) is -1.02. The summed E-state index contributed by atoms with van der Waals surface area (Å²) in [6.45, 7) is 3.71. The highest BCUT2D eigenvalue weighted by molar-refractivity contribution is 7.17. The molecular formula is C17H15N3O4S. The molecule has 1 aromatic carbocycles. The minimum Gasteiger partial charge on any atom is -0.465 e. The zero-order valence-corrected chi connectivity index (χ0v) is 14.6. The first-order valence-corrected chi connectivity index (χ1v) is 8.21. The summed E-state index contributed by atoms with van der Waals surface area (Å²) < 4.78 is 6.06. The van der Waals surface area contributed by atoms with E-state index in [1.54, 1.807) is 12.1 Å². The summed E-state index contributed by atoms with van der Waals surface area (Å²) in [5, 5.41) is 2.63. The van der Waals surface area contributed by atoms with Gasteiger partial charge in [-0.25, -0.2) is 9.78 Å². The molecule has 0 atom stereocenters. The van der Waals surface area contributed by atoms with Gasteiger partial charge in [0, 0.05) is 22.5 Å². The van der Waals surface area contributed by atoms with Crippen molar-refractivity contribution in [2.24, 2.45) is 0 Å². The highest BCUT2D eigenvalue weighted by Gasteiger charge is 2.17. The molecule has 0 saturated carbocycles. The molecule has 0 unspecified atom stereocenters. The van der Waals surface area contributed by atoms with Gasteiger partial charge in [0.05, 0.1) is 12.7 Å². The van der Waals surface area contributed by atoms with Gasteiger partial charge in [0.15, 0.2) is 4.96 Å². The fourth-order valence-corrected chi connectivity index (χ4v) is 3.27. The second-order valence-corrected chi connectivity index (χ2v) is 6.54. The Labute approximate surface area is 146 Å². The van der Waals surface area contributed by atoms with Crippen molar-refractivity contribution in [3.63, 3.8) is 0 Å². The van der Waals surface area contributed by atoms with Crippen LogP contribution in [-0.4, -0.2) is 28.4 Å². The SMILES string of the molecule is COC(=O)c1ccc(NC(=O)c2cnc3sc(C)c(C)n3c2=O)cc1. The Hall–Kier alpha value is -3.00. The van der Waals surface area contributed by atoms with Crippen molar-refractivity contribution in [2.45, 2.75) is 13.8 Å². The molecule has 3 rings (SSSR count). The molecule has 2 heterocycles. The van der Waals surface area contributed by atoms with Crippen molar-refractivity contribution >= 4 is 33.9 Å². The predicted octanol–water partition coefficient (Wildman–Crippen LogP) is 2.41. The summed E-state index contributed by atoms with van der Waals surface area (Å²) >= 11 is 1.40. The quantitative estimate of drug-likeness (QED) is 0.727. The van der Waals surface area contributed by atoms with Gasteiger partial charge < -0.3 is 10.1 Å². The zero-order chi connectivity index (χ0) is 18.1. The first kappa shape index (κ1) is 16.8. The van der Waals surface area contributed by atoms with Crippen LogP contribution in [0.15, 0.2) is 35.3 Å². The fourth-order valence-electron chi connectivity index (χ4n) is 2.34. The molecule has 1 N–H and O–H groups in total. The third kappa shape index (κ3) is 3.03. The number of hydrogen-bond acceptors (Lipinski definition) is 6. The topological polar surface area (TPSA) is 89.8 Å². The van der Waals surface area contributed by atoms with Crippen LogP contribution in [0.2, 0.25) is 0 Å². The zero-order valence-electron chi connectivity index (χ0n) is 13.8. The molecular weight excluding hydrogens is 342 g/mol. The molecule has 0 saturated heterocycles. The van der Waals surface area contributed by atoms with Gasteiger partial charge in [-0.05, 0) is 38.1 Å². The van der Waals surface area contributed by atoms with Crippen LogP contribution < -0.4 is 10.9 Å². The summed E-state index contributed by atoms with van der Waals surface area (Å²) in [5.41, 5.74) is 1.15. The monoisotopic (exact) mass is 357 g/mol. The number of ether oxygens (including phenoxy) is 1. The van der Waals surface area contributed by atoms with Crippen molar-refractivity contribution < 1.29 is 14.3 Å². The molecule has 128 valence electrons. The van der Waals surface area contributed by atoms with Crippen LogP contribution in [-0.2, 0) is 4.74 Å². The molecule has 1 amide bonds. The summed E-state index contributed by atoms with van der Waals surface area (Å²) in [7, 11) is 1.29. The van der Waals surface area contributed by atoms with E-state index in [1.165, 1.54) is 41.2 Å². The first-order chi connectivity index (χ1) is 11.9. The van der Waals surface area contributed by atoms with Crippen LogP contribution in [0.3, 0.4) is 0 Å². The average molecular weight is 357 g/mol. The Morgan fingerprint density at radius 2 is 1.88 bits per heavy atom. The van der Waals surface area contributed by atoms with E-state index in [-0.39, 0.29) is 5.56 Å². The van der Waals surface area contributed by atoms with E-state index in [9.17, 15) is 14.4 Å². The van der Waals surface area contributed by atoms with Gasteiger partial charge in [0.2, 0.25) is 0 Å². The molecule has 0 spiro atoms. The summed E-state index contributed by atoms with van der Waals surface area (Å²) in [6, 6.07) is 6.19. The maximum atomic E-state index is 12.6. The molecule has 3 aromatic rings. The van der Waals surface area contributed by atoms with E-state index in [0.29, 0.717) is 16.2 Å². The number of benzene rings is 1. The fraction of sp³-hybridized carbons (Fsp3) is 0.176. The van der Waals surface area contributed by atoms with Crippen molar-refractivity contribution in [1.82, 2.24) is 9.38 Å². The Kier molecular flexibility index (Phi) is 4.37. The number of nitrogens with one attached hydrogen (secondary N) is 1. The Morgan fingerprint density at radius 1 is 1.20 bits per heavy atom. The van der Waals surface area contributed by atoms with Gasteiger partial charge in [-0.3, -0.25) is 14.0 Å². The lowest BCUT2D eigenvalue weighted by molar-refractivity contribution is 0.0600. The van der Waals surface area contributed by atoms with Crippen LogP contribution >= 0.6 is 11.3 Å². The number of thiazole rings is 1. The smallest absolute Gasteiger partial charge is 0.337 e. The average Bonchev–Trinajstić information content (AvgIpc) is 2.90. The lowest BCUT2D eigenvalue weighted by atomic mass is 10.2. The summed E-state index contributed by atoms with van der Waals surface area (Å²) in [4.78, 5) is 42.1. The first-order valence-electron chi connectivity index (χ1n) is 7.40. The molecule has 25 heavy (non-hydrogen) atoms. The van der Waals surface area contributed by atoms with E-state index in [2.05, 4.69) is 15.0 Å². The number of aryl methyl sites for hydroxylation is 2.